The molecule has 0 saturated carbocycles. The van der Waals surface area contributed by atoms with Crippen LogP contribution in [-0.2, 0) is 0 Å². The molecule has 0 fully saturated rings. The van der Waals surface area contributed by atoms with E-state index in [1.807, 2.05) is 66.7 Å². The number of ether oxygens (including phenoxy) is 1. The minimum Gasteiger partial charge on any atom is -0.457 e. The fourth-order valence-corrected chi connectivity index (χ4v) is 3.84. The van der Waals surface area contributed by atoms with E-state index in [9.17, 15) is 0 Å². The van der Waals surface area contributed by atoms with Gasteiger partial charge in [0.2, 0.25) is 0 Å². The number of aliphatic imine (C=N–C) groups is 1. The first-order chi connectivity index (χ1) is 16.5. The van der Waals surface area contributed by atoms with Gasteiger partial charge in [0.25, 0.3) is 0 Å². The molecule has 194 valence electrons. The van der Waals surface area contributed by atoms with Crippen molar-refractivity contribution in [2.45, 2.75) is 13.8 Å². The average molecular weight is 579 g/mol. The first kappa shape index (κ1) is 30.2. The zero-order valence-electron chi connectivity index (χ0n) is 20.1. The number of nitrogens with one attached hydrogen (secondary N) is 1. The third kappa shape index (κ3) is 6.84. The van der Waals surface area contributed by atoms with E-state index in [1.54, 1.807) is 6.20 Å². The van der Waals surface area contributed by atoms with E-state index in [-0.39, 0.29) is 37.2 Å². The van der Waals surface area contributed by atoms with Crippen molar-refractivity contribution in [2.75, 3.05) is 6.54 Å². The largest absolute Gasteiger partial charge is 0.457 e. The van der Waals surface area contributed by atoms with E-state index >= 15 is 0 Å². The van der Waals surface area contributed by atoms with Gasteiger partial charge in [-0.1, -0.05) is 25.4 Å². The standard InChI is InChI=1S/C27H24ClN5O.3ClH/c1-16(2)15-31-26(29)18-5-10-22-24(13-18)33-27(32-22)17-3-7-20(8-4-17)34-25-11-12-30-23-14-19(28)6-9-21(23)25;;;/h3-14,16H,15H2,1-2H3,(H2,29,31)(H,32,33);3*1H. The molecular weight excluding hydrogens is 552 g/mol. The Balaban J connectivity index is 0.00000160. The number of fused-ring (bicyclic) bond motifs is 2. The van der Waals surface area contributed by atoms with E-state index in [0.717, 1.165) is 50.4 Å². The Morgan fingerprint density at radius 2 is 1.73 bits per heavy atom. The number of benzene rings is 3. The molecule has 0 bridgehead atoms. The fourth-order valence-electron chi connectivity index (χ4n) is 3.67. The highest BCUT2D eigenvalue weighted by atomic mass is 35.5. The van der Waals surface area contributed by atoms with Crippen LogP contribution in [-0.4, -0.2) is 27.3 Å². The van der Waals surface area contributed by atoms with E-state index in [0.29, 0.717) is 23.3 Å². The molecule has 0 spiro atoms. The van der Waals surface area contributed by atoms with Gasteiger partial charge in [-0.25, -0.2) is 4.98 Å². The van der Waals surface area contributed by atoms with Gasteiger partial charge in [0, 0.05) is 34.3 Å². The molecule has 0 saturated heterocycles. The Morgan fingerprint density at radius 3 is 2.46 bits per heavy atom. The molecule has 10 heteroatoms. The predicted octanol–water partition coefficient (Wildman–Crippen LogP) is 7.85. The van der Waals surface area contributed by atoms with Crippen molar-refractivity contribution >= 4 is 76.6 Å². The quantitative estimate of drug-likeness (QED) is 0.158. The third-order valence-electron chi connectivity index (χ3n) is 5.42. The molecule has 0 aliphatic heterocycles. The number of nitrogens with zero attached hydrogens (tertiary/aromatic N) is 3. The molecule has 0 amide bonds. The molecule has 2 aromatic heterocycles. The molecule has 37 heavy (non-hydrogen) atoms. The highest BCUT2D eigenvalue weighted by molar-refractivity contribution is 6.31. The number of hydrogen-bond acceptors (Lipinski definition) is 4. The molecule has 0 aliphatic rings. The minimum atomic E-state index is 0. The van der Waals surface area contributed by atoms with E-state index in [4.69, 9.17) is 27.1 Å². The topological polar surface area (TPSA) is 89.2 Å². The first-order valence-corrected chi connectivity index (χ1v) is 11.5. The molecule has 0 radical (unpaired) electrons. The summed E-state index contributed by atoms with van der Waals surface area (Å²) in [5.74, 6) is 3.23. The molecule has 5 aromatic rings. The van der Waals surface area contributed by atoms with Crippen LogP contribution in [0.2, 0.25) is 5.02 Å². The molecule has 3 aromatic carbocycles. The van der Waals surface area contributed by atoms with Gasteiger partial charge in [0.05, 0.1) is 16.6 Å². The van der Waals surface area contributed by atoms with Gasteiger partial charge in [-0.05, 0) is 72.6 Å². The third-order valence-corrected chi connectivity index (χ3v) is 5.66. The maximum Gasteiger partial charge on any atom is 0.138 e. The lowest BCUT2D eigenvalue weighted by atomic mass is 10.2. The molecule has 3 N–H and O–H groups in total. The van der Waals surface area contributed by atoms with Crippen LogP contribution in [0.5, 0.6) is 11.5 Å². The van der Waals surface area contributed by atoms with Crippen LogP contribution in [0.1, 0.15) is 19.4 Å². The van der Waals surface area contributed by atoms with E-state index in [1.165, 1.54) is 0 Å². The smallest absolute Gasteiger partial charge is 0.138 e. The molecule has 0 aliphatic carbocycles. The number of H-pyrrole nitrogens is 1. The number of nitrogens with two attached hydrogens (primary N) is 1. The maximum absolute atomic E-state index is 6.17. The molecular formula is C27H27Cl4N5O. The summed E-state index contributed by atoms with van der Waals surface area (Å²) in [5.41, 5.74) is 10.6. The highest BCUT2D eigenvalue weighted by Gasteiger charge is 2.09. The number of aromatic amines is 1. The highest BCUT2D eigenvalue weighted by Crippen LogP contribution is 2.31. The predicted molar refractivity (Wildman–Crippen MR) is 161 cm³/mol. The van der Waals surface area contributed by atoms with Crippen LogP contribution in [0.25, 0.3) is 33.3 Å². The SMILES string of the molecule is CC(C)CN=C(N)c1ccc2nc(-c3ccc(Oc4ccnc5cc(Cl)ccc45)cc3)[nH]c2c1.Cl.Cl.Cl. The Labute approximate surface area is 238 Å². The molecule has 0 unspecified atom stereocenters. The second kappa shape index (κ2) is 13.0. The summed E-state index contributed by atoms with van der Waals surface area (Å²) in [6, 6.07) is 21.1. The number of imidazole rings is 1. The lowest BCUT2D eigenvalue weighted by molar-refractivity contribution is 0.488. The average Bonchev–Trinajstić information content (AvgIpc) is 3.26. The van der Waals surface area contributed by atoms with E-state index < -0.39 is 0 Å². The van der Waals surface area contributed by atoms with Crippen molar-refractivity contribution in [3.8, 4) is 22.9 Å². The maximum atomic E-state index is 6.17. The zero-order valence-corrected chi connectivity index (χ0v) is 23.3. The first-order valence-electron chi connectivity index (χ1n) is 11.1. The van der Waals surface area contributed by atoms with Crippen molar-refractivity contribution in [3.05, 3.63) is 83.5 Å². The van der Waals surface area contributed by atoms with Crippen LogP contribution in [0.15, 0.2) is 77.9 Å². The second-order valence-electron chi connectivity index (χ2n) is 8.53. The van der Waals surface area contributed by atoms with Gasteiger partial charge < -0.3 is 15.5 Å². The van der Waals surface area contributed by atoms with Gasteiger partial charge in [-0.15, -0.1) is 37.2 Å². The van der Waals surface area contributed by atoms with Crippen molar-refractivity contribution in [1.82, 2.24) is 15.0 Å². The van der Waals surface area contributed by atoms with Gasteiger partial charge in [0.15, 0.2) is 0 Å². The van der Waals surface area contributed by atoms with Gasteiger partial charge in [0.1, 0.15) is 23.2 Å². The minimum absolute atomic E-state index is 0. The number of amidine groups is 1. The Hall–Kier alpha value is -3.03. The van der Waals surface area contributed by atoms with Crippen LogP contribution in [0, 0.1) is 5.92 Å². The molecule has 2 heterocycles. The van der Waals surface area contributed by atoms with Crippen LogP contribution < -0.4 is 10.5 Å². The normalized spacial score (nSPS) is 11.1. The van der Waals surface area contributed by atoms with Crippen molar-refractivity contribution < 1.29 is 4.74 Å². The van der Waals surface area contributed by atoms with Crippen molar-refractivity contribution in [2.24, 2.45) is 16.6 Å². The Morgan fingerprint density at radius 1 is 0.973 bits per heavy atom. The lowest BCUT2D eigenvalue weighted by Gasteiger charge is -2.09. The van der Waals surface area contributed by atoms with Crippen molar-refractivity contribution in [1.29, 1.82) is 0 Å². The van der Waals surface area contributed by atoms with Crippen LogP contribution in [0.4, 0.5) is 0 Å². The number of hydrogen-bond donors (Lipinski definition) is 2. The number of halogens is 4. The fraction of sp³-hybridized carbons (Fsp3) is 0.148. The van der Waals surface area contributed by atoms with Crippen molar-refractivity contribution in [3.63, 3.8) is 0 Å². The number of pyridine rings is 1. The summed E-state index contributed by atoms with van der Waals surface area (Å²) < 4.78 is 6.12. The Bertz CT molecular complexity index is 1520. The van der Waals surface area contributed by atoms with Gasteiger partial charge in [-0.2, -0.15) is 0 Å². The van der Waals surface area contributed by atoms with Crippen LogP contribution >= 0.6 is 48.8 Å². The number of aromatic nitrogens is 3. The summed E-state index contributed by atoms with van der Waals surface area (Å²) in [7, 11) is 0. The lowest BCUT2D eigenvalue weighted by Crippen LogP contribution is -2.14. The van der Waals surface area contributed by atoms with Gasteiger partial charge in [-0.3, -0.25) is 9.98 Å². The molecule has 6 nitrogen and oxygen atoms in total. The summed E-state index contributed by atoms with van der Waals surface area (Å²) in [5, 5.41) is 1.55. The summed E-state index contributed by atoms with van der Waals surface area (Å²) in [6.45, 7) is 4.94. The molecule has 0 atom stereocenters. The summed E-state index contributed by atoms with van der Waals surface area (Å²) >= 11 is 6.08. The Kier molecular flexibility index (Phi) is 10.6. The number of rotatable bonds is 6. The summed E-state index contributed by atoms with van der Waals surface area (Å²) in [6.07, 6.45) is 1.71. The van der Waals surface area contributed by atoms with E-state index in [2.05, 4.69) is 28.8 Å². The molecule has 5 rings (SSSR count). The zero-order chi connectivity index (χ0) is 23.7. The second-order valence-corrected chi connectivity index (χ2v) is 8.97. The summed E-state index contributed by atoms with van der Waals surface area (Å²) in [4.78, 5) is 16.9. The monoisotopic (exact) mass is 577 g/mol. The van der Waals surface area contributed by atoms with Crippen LogP contribution in [0.3, 0.4) is 0 Å². The van der Waals surface area contributed by atoms with Gasteiger partial charge >= 0.3 is 0 Å².